The van der Waals surface area contributed by atoms with Crippen LogP contribution in [0.4, 0.5) is 0 Å². The van der Waals surface area contributed by atoms with E-state index in [0.717, 1.165) is 38.5 Å². The van der Waals surface area contributed by atoms with Crippen LogP contribution in [0.5, 0.6) is 0 Å². The molecular weight excluding hydrogens is 332 g/mol. The Bertz CT molecular complexity index is 632. The molecule has 0 saturated heterocycles. The number of benzene rings is 1. The molecule has 0 amide bonds. The summed E-state index contributed by atoms with van der Waals surface area (Å²) in [7, 11) is 0. The van der Waals surface area contributed by atoms with Crippen molar-refractivity contribution in [1.82, 2.24) is 0 Å². The Morgan fingerprint density at radius 3 is 1.89 bits per heavy atom. The van der Waals surface area contributed by atoms with Gasteiger partial charge in [0.05, 0.1) is 5.41 Å². The molecule has 27 heavy (non-hydrogen) atoms. The summed E-state index contributed by atoms with van der Waals surface area (Å²) in [6.45, 7) is 11.4. The molecular formula is C25H40O2. The summed E-state index contributed by atoms with van der Waals surface area (Å²) in [4.78, 5) is 11.3. The van der Waals surface area contributed by atoms with Gasteiger partial charge < -0.3 is 5.11 Å². The van der Waals surface area contributed by atoms with E-state index in [2.05, 4.69) is 46.8 Å². The highest BCUT2D eigenvalue weighted by Crippen LogP contribution is 2.50. The summed E-state index contributed by atoms with van der Waals surface area (Å²) in [5.41, 5.74) is 5.94. The molecule has 0 heterocycles. The van der Waals surface area contributed by atoms with Gasteiger partial charge in [-0.25, -0.2) is 0 Å². The second kappa shape index (κ2) is 9.26. The van der Waals surface area contributed by atoms with Gasteiger partial charge in [0.25, 0.3) is 0 Å². The average Bonchev–Trinajstić information content (AvgIpc) is 3.35. The number of carboxylic acids is 1. The van der Waals surface area contributed by atoms with Crippen molar-refractivity contribution in [3.63, 3.8) is 0 Å². The van der Waals surface area contributed by atoms with Crippen LogP contribution < -0.4 is 0 Å². The van der Waals surface area contributed by atoms with Crippen LogP contribution in [0.3, 0.4) is 0 Å². The summed E-state index contributed by atoms with van der Waals surface area (Å²) >= 11 is 0. The minimum absolute atomic E-state index is 0.349. The summed E-state index contributed by atoms with van der Waals surface area (Å²) in [5.74, 6) is -0.575. The highest BCUT2D eigenvalue weighted by molar-refractivity contribution is 5.77. The zero-order valence-electron chi connectivity index (χ0n) is 18.3. The fraction of sp³-hybridized carbons (Fsp3) is 0.720. The van der Waals surface area contributed by atoms with Crippen LogP contribution in [0, 0.1) is 24.7 Å². The monoisotopic (exact) mass is 372 g/mol. The molecule has 0 aliphatic heterocycles. The molecule has 1 aliphatic carbocycles. The quantitative estimate of drug-likeness (QED) is 0.423. The lowest BCUT2D eigenvalue weighted by molar-refractivity contribution is -0.143. The van der Waals surface area contributed by atoms with Gasteiger partial charge in [0.1, 0.15) is 0 Å². The largest absolute Gasteiger partial charge is 0.481 e. The van der Waals surface area contributed by atoms with Gasteiger partial charge in [-0.2, -0.15) is 0 Å². The van der Waals surface area contributed by atoms with E-state index in [9.17, 15) is 9.90 Å². The van der Waals surface area contributed by atoms with Gasteiger partial charge in [0.15, 0.2) is 0 Å². The first-order valence-electron chi connectivity index (χ1n) is 11.0. The number of carboxylic acid groups (broad SMARTS) is 1. The van der Waals surface area contributed by atoms with Gasteiger partial charge in [0.2, 0.25) is 0 Å². The molecule has 0 bridgehead atoms. The lowest BCUT2D eigenvalue weighted by Crippen LogP contribution is -2.14. The maximum absolute atomic E-state index is 11.3. The molecule has 1 aliphatic rings. The van der Waals surface area contributed by atoms with Crippen molar-refractivity contribution in [1.29, 1.82) is 0 Å². The van der Waals surface area contributed by atoms with Crippen LogP contribution in [0.1, 0.15) is 101 Å². The molecule has 2 heteroatoms. The van der Waals surface area contributed by atoms with Crippen LogP contribution in [0.25, 0.3) is 0 Å². The fourth-order valence-corrected chi connectivity index (χ4v) is 4.05. The molecule has 0 atom stereocenters. The summed E-state index contributed by atoms with van der Waals surface area (Å²) in [6, 6.07) is 4.80. The van der Waals surface area contributed by atoms with Crippen LogP contribution in [-0.4, -0.2) is 11.1 Å². The van der Waals surface area contributed by atoms with E-state index in [-0.39, 0.29) is 5.41 Å². The van der Waals surface area contributed by atoms with Crippen molar-refractivity contribution in [2.24, 2.45) is 10.8 Å². The third kappa shape index (κ3) is 6.97. The molecule has 0 radical (unpaired) electrons. The molecule has 152 valence electrons. The standard InChI is InChI=1S/C25H40O2/c1-19-17-21(11-7-6-9-14-25(15-16-25)23(26)27)22(18-20(19)2)12-8-10-13-24(3,4)5/h17-18H,6-16H2,1-5H3,(H,26,27). The maximum Gasteiger partial charge on any atom is 0.309 e. The Labute approximate surface area is 166 Å². The Morgan fingerprint density at radius 1 is 0.926 bits per heavy atom. The fourth-order valence-electron chi connectivity index (χ4n) is 4.05. The number of rotatable bonds is 11. The zero-order valence-corrected chi connectivity index (χ0v) is 18.3. The summed E-state index contributed by atoms with van der Waals surface area (Å²) in [5, 5.41) is 9.28. The Morgan fingerprint density at radius 2 is 1.44 bits per heavy atom. The number of aliphatic carboxylic acids is 1. The van der Waals surface area contributed by atoms with Crippen LogP contribution in [0.2, 0.25) is 0 Å². The average molecular weight is 373 g/mol. The SMILES string of the molecule is Cc1cc(CCCCCC2(C(=O)O)CC2)c(CCCCC(C)(C)C)cc1C. The first kappa shape index (κ1) is 22.0. The molecule has 0 unspecified atom stereocenters. The van der Waals surface area contributed by atoms with Gasteiger partial charge in [0, 0.05) is 0 Å². The van der Waals surface area contributed by atoms with E-state index in [0.29, 0.717) is 5.41 Å². The van der Waals surface area contributed by atoms with E-state index >= 15 is 0 Å². The van der Waals surface area contributed by atoms with Crippen molar-refractivity contribution in [2.45, 2.75) is 105 Å². The molecule has 0 aromatic heterocycles. The predicted molar refractivity (Wildman–Crippen MR) is 114 cm³/mol. The normalized spacial score (nSPS) is 15.7. The van der Waals surface area contributed by atoms with Crippen LogP contribution >= 0.6 is 0 Å². The molecule has 1 N–H and O–H groups in total. The zero-order chi connectivity index (χ0) is 20.1. The van der Waals surface area contributed by atoms with Gasteiger partial charge >= 0.3 is 5.97 Å². The van der Waals surface area contributed by atoms with Gasteiger partial charge in [-0.15, -0.1) is 0 Å². The van der Waals surface area contributed by atoms with Gasteiger partial charge in [-0.05, 0) is 92.9 Å². The first-order chi connectivity index (χ1) is 12.6. The minimum atomic E-state index is -0.575. The van der Waals surface area contributed by atoms with Gasteiger partial charge in [-0.3, -0.25) is 4.79 Å². The van der Waals surface area contributed by atoms with E-state index in [4.69, 9.17) is 0 Å². The van der Waals surface area contributed by atoms with Crippen molar-refractivity contribution in [3.8, 4) is 0 Å². The number of aryl methyl sites for hydroxylation is 4. The maximum atomic E-state index is 11.3. The van der Waals surface area contributed by atoms with E-state index in [1.807, 2.05) is 0 Å². The summed E-state index contributed by atoms with van der Waals surface area (Å²) < 4.78 is 0. The second-order valence-corrected chi connectivity index (χ2v) is 10.1. The van der Waals surface area contributed by atoms with Crippen molar-refractivity contribution in [2.75, 3.05) is 0 Å². The van der Waals surface area contributed by atoms with Crippen molar-refractivity contribution in [3.05, 3.63) is 34.4 Å². The molecule has 2 nitrogen and oxygen atoms in total. The lowest BCUT2D eigenvalue weighted by atomic mass is 9.88. The number of unbranched alkanes of at least 4 members (excludes halogenated alkanes) is 3. The molecule has 2 rings (SSSR count). The second-order valence-electron chi connectivity index (χ2n) is 10.1. The smallest absolute Gasteiger partial charge is 0.309 e. The molecule has 1 saturated carbocycles. The highest BCUT2D eigenvalue weighted by Gasteiger charge is 2.49. The van der Waals surface area contributed by atoms with Crippen LogP contribution in [-0.2, 0) is 17.6 Å². The lowest BCUT2D eigenvalue weighted by Gasteiger charge is -2.18. The van der Waals surface area contributed by atoms with Gasteiger partial charge in [-0.1, -0.05) is 52.2 Å². The topological polar surface area (TPSA) is 37.3 Å². The first-order valence-corrected chi connectivity index (χ1v) is 11.0. The third-order valence-electron chi connectivity index (χ3n) is 6.35. The van der Waals surface area contributed by atoms with Crippen molar-refractivity contribution < 1.29 is 9.90 Å². The van der Waals surface area contributed by atoms with Crippen molar-refractivity contribution >= 4 is 5.97 Å². The Kier molecular flexibility index (Phi) is 7.54. The number of hydrogen-bond donors (Lipinski definition) is 1. The van der Waals surface area contributed by atoms with E-state index in [1.165, 1.54) is 54.4 Å². The number of carbonyl (C=O) groups is 1. The highest BCUT2D eigenvalue weighted by atomic mass is 16.4. The minimum Gasteiger partial charge on any atom is -0.481 e. The molecule has 1 aromatic rings. The van der Waals surface area contributed by atoms with E-state index in [1.54, 1.807) is 0 Å². The Hall–Kier alpha value is -1.31. The van der Waals surface area contributed by atoms with Crippen LogP contribution in [0.15, 0.2) is 12.1 Å². The summed E-state index contributed by atoms with van der Waals surface area (Å²) in [6.07, 6.45) is 12.2. The van der Waals surface area contributed by atoms with E-state index < -0.39 is 5.97 Å². The predicted octanol–water partition coefficient (Wildman–Crippen LogP) is 7.03. The molecule has 1 fully saturated rings. The molecule has 0 spiro atoms. The number of hydrogen-bond acceptors (Lipinski definition) is 1. The molecule has 1 aromatic carbocycles. The Balaban J connectivity index is 1.81. The third-order valence-corrected chi connectivity index (χ3v) is 6.35.